The van der Waals surface area contributed by atoms with Crippen LogP contribution >= 0.6 is 0 Å². The number of nitrogens with one attached hydrogen (secondary N) is 1. The van der Waals surface area contributed by atoms with Crippen LogP contribution in [-0.4, -0.2) is 23.0 Å². The maximum atomic E-state index is 5.74. The van der Waals surface area contributed by atoms with Crippen LogP contribution in [0.15, 0.2) is 16.7 Å². The Kier molecular flexibility index (Phi) is 3.94. The van der Waals surface area contributed by atoms with E-state index in [2.05, 4.69) is 30.1 Å². The van der Waals surface area contributed by atoms with Crippen molar-refractivity contribution in [2.75, 3.05) is 0 Å². The molecule has 2 aliphatic rings. The molecule has 1 saturated heterocycles. The Morgan fingerprint density at radius 3 is 2.89 bits per heavy atom. The summed E-state index contributed by atoms with van der Waals surface area (Å²) in [4.78, 5) is 2.61. The van der Waals surface area contributed by atoms with Crippen LogP contribution in [0.25, 0.3) is 0 Å². The second kappa shape index (κ2) is 5.68. The summed E-state index contributed by atoms with van der Waals surface area (Å²) in [6.45, 7) is 6.57. The molecule has 3 nitrogen and oxygen atoms in total. The molecule has 2 fully saturated rings. The van der Waals surface area contributed by atoms with Crippen LogP contribution in [0, 0.1) is 0 Å². The van der Waals surface area contributed by atoms with Gasteiger partial charge in [0.25, 0.3) is 0 Å². The molecule has 1 aliphatic heterocycles. The maximum absolute atomic E-state index is 5.74. The minimum Gasteiger partial charge on any atom is -0.468 e. The smallest absolute Gasteiger partial charge is 0.118 e. The highest BCUT2D eigenvalue weighted by Crippen LogP contribution is 2.28. The molecule has 0 amide bonds. The van der Waals surface area contributed by atoms with Crippen LogP contribution in [0.3, 0.4) is 0 Å². The van der Waals surface area contributed by atoms with Gasteiger partial charge in [-0.2, -0.15) is 0 Å². The van der Waals surface area contributed by atoms with E-state index < -0.39 is 0 Å². The lowest BCUT2D eigenvalue weighted by molar-refractivity contribution is 0.175. The lowest BCUT2D eigenvalue weighted by atomic mass is 10.1. The van der Waals surface area contributed by atoms with Gasteiger partial charge in [-0.25, -0.2) is 0 Å². The van der Waals surface area contributed by atoms with E-state index in [4.69, 9.17) is 4.42 Å². The zero-order chi connectivity index (χ0) is 13.2. The molecule has 3 rings (SSSR count). The van der Waals surface area contributed by atoms with Gasteiger partial charge in [0.15, 0.2) is 0 Å². The van der Waals surface area contributed by atoms with Crippen molar-refractivity contribution in [3.63, 3.8) is 0 Å². The Morgan fingerprint density at radius 1 is 1.32 bits per heavy atom. The first-order valence-electron chi connectivity index (χ1n) is 7.81. The van der Waals surface area contributed by atoms with Crippen molar-refractivity contribution in [2.24, 2.45) is 0 Å². The number of likely N-dealkylation sites (tertiary alicyclic amines) is 1. The lowest BCUT2D eigenvalue weighted by Crippen LogP contribution is -2.33. The van der Waals surface area contributed by atoms with Crippen molar-refractivity contribution in [2.45, 2.75) is 77.2 Å². The van der Waals surface area contributed by atoms with Gasteiger partial charge in [-0.1, -0.05) is 6.92 Å². The summed E-state index contributed by atoms with van der Waals surface area (Å²) < 4.78 is 5.74. The van der Waals surface area contributed by atoms with Crippen molar-refractivity contribution in [3.05, 3.63) is 23.7 Å². The van der Waals surface area contributed by atoms with E-state index in [-0.39, 0.29) is 0 Å². The Bertz CT molecular complexity index is 411. The van der Waals surface area contributed by atoms with Gasteiger partial charge in [-0.15, -0.1) is 0 Å². The third kappa shape index (κ3) is 3.21. The Balaban J connectivity index is 1.56. The fraction of sp³-hybridized carbons (Fsp3) is 0.750. The monoisotopic (exact) mass is 262 g/mol. The van der Waals surface area contributed by atoms with Crippen molar-refractivity contribution >= 4 is 0 Å². The van der Waals surface area contributed by atoms with Gasteiger partial charge in [0.05, 0.1) is 12.8 Å². The highest BCUT2D eigenvalue weighted by Gasteiger charge is 2.29. The highest BCUT2D eigenvalue weighted by atomic mass is 16.3. The maximum Gasteiger partial charge on any atom is 0.118 e. The average Bonchev–Trinajstić information content (AvgIpc) is 3.04. The molecule has 0 radical (unpaired) electrons. The van der Waals surface area contributed by atoms with Crippen LogP contribution in [0.1, 0.15) is 57.3 Å². The Morgan fingerprint density at radius 2 is 2.16 bits per heavy atom. The summed E-state index contributed by atoms with van der Waals surface area (Å²) in [5, 5.41) is 3.53. The standard InChI is InChI=1S/C16H26N2O/c1-3-15-7-4-12(2)18(15)10-16-8-13(11-19-16)9-17-14-5-6-14/h8,11-12,14-15,17H,3-7,9-10H2,1-2H3. The second-order valence-electron chi connectivity index (χ2n) is 6.24. The molecule has 1 aromatic heterocycles. The number of furan rings is 1. The molecular formula is C16H26N2O. The first kappa shape index (κ1) is 13.2. The SMILES string of the molecule is CCC1CCC(C)N1Cc1cc(CNC2CC2)co1. The number of hydrogen-bond donors (Lipinski definition) is 1. The van der Waals surface area contributed by atoms with Gasteiger partial charge >= 0.3 is 0 Å². The normalized spacial score (nSPS) is 28.1. The first-order valence-corrected chi connectivity index (χ1v) is 7.81. The van der Waals surface area contributed by atoms with E-state index in [1.54, 1.807) is 0 Å². The summed E-state index contributed by atoms with van der Waals surface area (Å²) in [5.74, 6) is 1.12. The molecule has 0 aromatic carbocycles. The third-order valence-corrected chi connectivity index (χ3v) is 4.64. The molecule has 0 bridgehead atoms. The van der Waals surface area contributed by atoms with E-state index in [1.807, 2.05) is 6.26 Å². The Labute approximate surface area is 116 Å². The molecule has 106 valence electrons. The predicted octanol–water partition coefficient (Wildman–Crippen LogP) is 3.29. The number of rotatable bonds is 6. The summed E-state index contributed by atoms with van der Waals surface area (Å²) in [7, 11) is 0. The van der Waals surface area contributed by atoms with E-state index in [9.17, 15) is 0 Å². The molecule has 1 aliphatic carbocycles. The number of nitrogens with zero attached hydrogens (tertiary/aromatic N) is 1. The molecule has 2 unspecified atom stereocenters. The minimum atomic E-state index is 0.697. The molecule has 1 saturated carbocycles. The fourth-order valence-corrected chi connectivity index (χ4v) is 3.18. The molecule has 0 spiro atoms. The molecule has 2 heterocycles. The zero-order valence-electron chi connectivity index (χ0n) is 12.2. The van der Waals surface area contributed by atoms with Crippen molar-refractivity contribution in [1.82, 2.24) is 10.2 Å². The zero-order valence-corrected chi connectivity index (χ0v) is 12.2. The van der Waals surface area contributed by atoms with Crippen LogP contribution in [0.2, 0.25) is 0 Å². The van der Waals surface area contributed by atoms with Gasteiger partial charge in [-0.05, 0) is 45.1 Å². The quantitative estimate of drug-likeness (QED) is 0.852. The third-order valence-electron chi connectivity index (χ3n) is 4.64. The molecule has 3 heteroatoms. The summed E-state index contributed by atoms with van der Waals surface area (Å²) in [5.41, 5.74) is 1.29. The first-order chi connectivity index (χ1) is 9.26. The summed E-state index contributed by atoms with van der Waals surface area (Å²) in [6, 6.07) is 4.44. The molecule has 1 aromatic rings. The van der Waals surface area contributed by atoms with Crippen LogP contribution in [0.5, 0.6) is 0 Å². The molecule has 19 heavy (non-hydrogen) atoms. The van der Waals surface area contributed by atoms with Crippen LogP contribution in [0.4, 0.5) is 0 Å². The van der Waals surface area contributed by atoms with Gasteiger partial charge in [0, 0.05) is 30.2 Å². The van der Waals surface area contributed by atoms with Gasteiger partial charge in [0.2, 0.25) is 0 Å². The fourth-order valence-electron chi connectivity index (χ4n) is 3.18. The van der Waals surface area contributed by atoms with E-state index in [1.165, 1.54) is 37.7 Å². The van der Waals surface area contributed by atoms with E-state index in [0.29, 0.717) is 6.04 Å². The van der Waals surface area contributed by atoms with Crippen LogP contribution in [-0.2, 0) is 13.1 Å². The average molecular weight is 262 g/mol. The van der Waals surface area contributed by atoms with Gasteiger partial charge < -0.3 is 9.73 Å². The van der Waals surface area contributed by atoms with Crippen molar-refractivity contribution < 1.29 is 4.42 Å². The molecule has 2 atom stereocenters. The van der Waals surface area contributed by atoms with Crippen molar-refractivity contribution in [3.8, 4) is 0 Å². The summed E-state index contributed by atoms with van der Waals surface area (Å²) >= 11 is 0. The van der Waals surface area contributed by atoms with E-state index in [0.717, 1.165) is 30.9 Å². The predicted molar refractivity (Wildman–Crippen MR) is 76.9 cm³/mol. The van der Waals surface area contributed by atoms with E-state index >= 15 is 0 Å². The molecule has 1 N–H and O–H groups in total. The number of hydrogen-bond acceptors (Lipinski definition) is 3. The lowest BCUT2D eigenvalue weighted by Gasteiger charge is -2.26. The van der Waals surface area contributed by atoms with Gasteiger partial charge in [0.1, 0.15) is 5.76 Å². The highest BCUT2D eigenvalue weighted by molar-refractivity contribution is 5.13. The molecular weight excluding hydrogens is 236 g/mol. The second-order valence-corrected chi connectivity index (χ2v) is 6.24. The Hall–Kier alpha value is -0.800. The van der Waals surface area contributed by atoms with Crippen molar-refractivity contribution in [1.29, 1.82) is 0 Å². The van der Waals surface area contributed by atoms with Crippen LogP contribution < -0.4 is 5.32 Å². The minimum absolute atomic E-state index is 0.697. The largest absolute Gasteiger partial charge is 0.468 e. The summed E-state index contributed by atoms with van der Waals surface area (Å²) in [6.07, 6.45) is 8.53. The topological polar surface area (TPSA) is 28.4 Å². The van der Waals surface area contributed by atoms with Gasteiger partial charge in [-0.3, -0.25) is 4.90 Å².